The van der Waals surface area contributed by atoms with Crippen LogP contribution in [0.3, 0.4) is 0 Å². The van der Waals surface area contributed by atoms with Gasteiger partial charge >= 0.3 is 0 Å². The van der Waals surface area contributed by atoms with Crippen LogP contribution >= 0.6 is 0 Å². The molecule has 1 unspecified atom stereocenters. The van der Waals surface area contributed by atoms with Crippen molar-refractivity contribution in [2.45, 2.75) is 32.6 Å². The molecule has 1 aliphatic rings. The Morgan fingerprint density at radius 3 is 2.07 bits per heavy atom. The topological polar surface area (TPSA) is 79.3 Å². The van der Waals surface area contributed by atoms with E-state index in [1.165, 1.54) is 0 Å². The van der Waals surface area contributed by atoms with Gasteiger partial charge in [-0.05, 0) is 92.6 Å². The zero-order chi connectivity index (χ0) is 31.1. The number of likely N-dealkylation sites (tertiary alicyclic amines) is 1. The van der Waals surface area contributed by atoms with Crippen LogP contribution in [-0.4, -0.2) is 53.8 Å². The highest BCUT2D eigenvalue weighted by Crippen LogP contribution is 2.40. The van der Waals surface area contributed by atoms with Crippen LogP contribution in [0.4, 0.5) is 0 Å². The van der Waals surface area contributed by atoms with Crippen molar-refractivity contribution in [2.75, 3.05) is 27.2 Å². The third-order valence-electron chi connectivity index (χ3n) is 7.77. The van der Waals surface area contributed by atoms with Gasteiger partial charge in [-0.15, -0.1) is 0 Å². The molecule has 0 aromatic heterocycles. The Morgan fingerprint density at radius 2 is 1.41 bits per heavy atom. The van der Waals surface area contributed by atoms with Crippen molar-refractivity contribution >= 4 is 17.4 Å². The zero-order valence-electron chi connectivity index (χ0n) is 25.4. The second-order valence-corrected chi connectivity index (χ2v) is 11.2. The molecule has 4 aromatic rings. The first-order valence-electron chi connectivity index (χ1n) is 14.8. The summed E-state index contributed by atoms with van der Waals surface area (Å²) >= 11 is 0. The number of rotatable bonds is 12. The molecule has 0 bridgehead atoms. The summed E-state index contributed by atoms with van der Waals surface area (Å²) in [7, 11) is 3.93. The van der Waals surface area contributed by atoms with Gasteiger partial charge in [0.15, 0.2) is 0 Å². The fourth-order valence-electron chi connectivity index (χ4n) is 5.30. The third kappa shape index (κ3) is 7.18. The fourth-order valence-corrected chi connectivity index (χ4v) is 5.30. The smallest absolute Gasteiger partial charge is 0.295 e. The predicted molar refractivity (Wildman–Crippen MR) is 171 cm³/mol. The first-order chi connectivity index (χ1) is 21.3. The summed E-state index contributed by atoms with van der Waals surface area (Å²) in [5.74, 6) is -0.210. The molecular weight excluding hydrogens is 552 g/mol. The molecule has 1 heterocycles. The van der Waals surface area contributed by atoms with E-state index in [4.69, 9.17) is 9.47 Å². The van der Waals surface area contributed by atoms with Gasteiger partial charge in [0.25, 0.3) is 11.7 Å². The highest BCUT2D eigenvalue weighted by atomic mass is 16.5. The van der Waals surface area contributed by atoms with Gasteiger partial charge in [-0.1, -0.05) is 66.7 Å². The van der Waals surface area contributed by atoms with E-state index in [1.54, 1.807) is 29.2 Å². The number of benzene rings is 4. The van der Waals surface area contributed by atoms with Gasteiger partial charge in [-0.25, -0.2) is 0 Å². The van der Waals surface area contributed by atoms with E-state index in [0.29, 0.717) is 43.2 Å². The van der Waals surface area contributed by atoms with Crippen molar-refractivity contribution in [2.24, 2.45) is 0 Å². The summed E-state index contributed by atoms with van der Waals surface area (Å²) in [6.07, 6.45) is 0.682. The van der Waals surface area contributed by atoms with Crippen molar-refractivity contribution in [3.8, 4) is 11.5 Å². The molecule has 226 valence electrons. The molecule has 0 spiro atoms. The quantitative estimate of drug-likeness (QED) is 0.115. The number of ketones is 1. The van der Waals surface area contributed by atoms with Crippen LogP contribution in [0.1, 0.15) is 40.3 Å². The second-order valence-electron chi connectivity index (χ2n) is 11.2. The summed E-state index contributed by atoms with van der Waals surface area (Å²) < 4.78 is 11.9. The number of ether oxygens (including phenoxy) is 2. The molecule has 44 heavy (non-hydrogen) atoms. The van der Waals surface area contributed by atoms with Gasteiger partial charge < -0.3 is 24.4 Å². The molecule has 7 heteroatoms. The lowest BCUT2D eigenvalue weighted by Crippen LogP contribution is -2.32. The summed E-state index contributed by atoms with van der Waals surface area (Å²) in [5, 5.41) is 11.5. The number of aryl methyl sites for hydroxylation is 1. The van der Waals surface area contributed by atoms with E-state index in [1.807, 2.05) is 105 Å². The molecule has 1 saturated heterocycles. The summed E-state index contributed by atoms with van der Waals surface area (Å²) in [6.45, 7) is 4.01. The van der Waals surface area contributed by atoms with Crippen LogP contribution in [0.15, 0.2) is 109 Å². The molecule has 1 aliphatic heterocycles. The third-order valence-corrected chi connectivity index (χ3v) is 7.77. The van der Waals surface area contributed by atoms with E-state index in [2.05, 4.69) is 0 Å². The Kier molecular flexibility index (Phi) is 9.77. The number of nitrogens with zero attached hydrogens (tertiary/aromatic N) is 2. The molecule has 0 radical (unpaired) electrons. The molecule has 5 rings (SSSR count). The molecule has 1 fully saturated rings. The minimum atomic E-state index is -0.725. The van der Waals surface area contributed by atoms with Crippen LogP contribution in [-0.2, 0) is 22.8 Å². The molecule has 1 amide bonds. The Hall–Kier alpha value is -4.88. The largest absolute Gasteiger partial charge is 0.507 e. The van der Waals surface area contributed by atoms with E-state index in [0.717, 1.165) is 28.8 Å². The van der Waals surface area contributed by atoms with Crippen LogP contribution in [0.5, 0.6) is 11.5 Å². The van der Waals surface area contributed by atoms with Crippen LogP contribution < -0.4 is 9.47 Å². The average Bonchev–Trinajstić information content (AvgIpc) is 3.29. The summed E-state index contributed by atoms with van der Waals surface area (Å²) in [5.41, 5.74) is 4.52. The van der Waals surface area contributed by atoms with Crippen molar-refractivity contribution < 1.29 is 24.2 Å². The maximum absolute atomic E-state index is 13.4. The van der Waals surface area contributed by atoms with E-state index in [-0.39, 0.29) is 11.3 Å². The molecule has 4 aromatic carbocycles. The molecule has 7 nitrogen and oxygen atoms in total. The second kappa shape index (κ2) is 14.1. The van der Waals surface area contributed by atoms with Crippen LogP contribution in [0.2, 0.25) is 0 Å². The van der Waals surface area contributed by atoms with Crippen molar-refractivity contribution in [1.29, 1.82) is 0 Å². The summed E-state index contributed by atoms with van der Waals surface area (Å²) in [6, 6.07) is 31.5. The summed E-state index contributed by atoms with van der Waals surface area (Å²) in [4.78, 5) is 30.3. The lowest BCUT2D eigenvalue weighted by Gasteiger charge is -2.26. The minimum absolute atomic E-state index is 0.0754. The lowest BCUT2D eigenvalue weighted by molar-refractivity contribution is -0.139. The van der Waals surface area contributed by atoms with Gasteiger partial charge in [0, 0.05) is 12.1 Å². The van der Waals surface area contributed by atoms with Gasteiger partial charge in [0.1, 0.15) is 30.5 Å². The maximum Gasteiger partial charge on any atom is 0.295 e. The van der Waals surface area contributed by atoms with E-state index in [9.17, 15) is 14.7 Å². The van der Waals surface area contributed by atoms with E-state index >= 15 is 0 Å². The Labute approximate surface area is 259 Å². The monoisotopic (exact) mass is 590 g/mol. The number of carbonyl (C=O) groups is 2. The number of hydrogen-bond acceptors (Lipinski definition) is 6. The number of amides is 1. The number of aliphatic hydroxyl groups is 1. The zero-order valence-corrected chi connectivity index (χ0v) is 25.4. The average molecular weight is 591 g/mol. The predicted octanol–water partition coefficient (Wildman–Crippen LogP) is 6.53. The minimum Gasteiger partial charge on any atom is -0.507 e. The Bertz CT molecular complexity index is 1610. The lowest BCUT2D eigenvalue weighted by atomic mass is 9.95. The number of hydrogen-bond donors (Lipinski definition) is 1. The highest BCUT2D eigenvalue weighted by molar-refractivity contribution is 6.46. The van der Waals surface area contributed by atoms with Crippen LogP contribution in [0.25, 0.3) is 5.76 Å². The van der Waals surface area contributed by atoms with Gasteiger partial charge in [-0.2, -0.15) is 0 Å². The van der Waals surface area contributed by atoms with Crippen molar-refractivity contribution in [3.63, 3.8) is 0 Å². The number of Topliss-reactive ketones (excluding diaryl/α,β-unsaturated/α-hetero) is 1. The van der Waals surface area contributed by atoms with Crippen LogP contribution in [0, 0.1) is 6.92 Å². The van der Waals surface area contributed by atoms with Gasteiger partial charge in [-0.3, -0.25) is 9.59 Å². The number of carbonyl (C=O) groups excluding carboxylic acids is 2. The van der Waals surface area contributed by atoms with Gasteiger partial charge in [0.05, 0.1) is 11.6 Å². The molecule has 0 aliphatic carbocycles. The SMILES string of the molecule is Cc1ccccc1COc1ccc(/C(O)=C2\C(=O)C(=O)N(CCCN(C)C)C2c2ccc(OCc3ccccc3)cc2)cc1. The normalized spacial score (nSPS) is 16.0. The van der Waals surface area contributed by atoms with Crippen molar-refractivity contribution in [1.82, 2.24) is 9.80 Å². The fraction of sp³-hybridized carbons (Fsp3) is 0.243. The first kappa shape index (κ1) is 30.6. The molecular formula is C37H38N2O5. The highest BCUT2D eigenvalue weighted by Gasteiger charge is 2.45. The van der Waals surface area contributed by atoms with E-state index < -0.39 is 17.7 Å². The standard InChI is InChI=1S/C37H38N2O5/c1-26-10-7-8-13-30(26)25-44-32-20-16-29(17-21-32)35(40)33-34(39(37(42)36(33)41)23-9-22-38(2)3)28-14-18-31(19-15-28)43-24-27-11-5-4-6-12-27/h4-8,10-21,34,40H,9,22-25H2,1-3H3/b35-33+. The Morgan fingerprint density at radius 1 is 0.795 bits per heavy atom. The molecule has 0 saturated carbocycles. The number of aliphatic hydroxyl groups excluding tert-OH is 1. The first-order valence-corrected chi connectivity index (χ1v) is 14.8. The molecule has 1 atom stereocenters. The van der Waals surface area contributed by atoms with Crippen molar-refractivity contribution in [3.05, 3.63) is 137 Å². The Balaban J connectivity index is 1.40. The molecule has 1 N–H and O–H groups in total. The maximum atomic E-state index is 13.4. The van der Waals surface area contributed by atoms with Gasteiger partial charge in [0.2, 0.25) is 0 Å².